The van der Waals surface area contributed by atoms with Gasteiger partial charge in [-0.2, -0.15) is 0 Å². The fourth-order valence-electron chi connectivity index (χ4n) is 2.92. The van der Waals surface area contributed by atoms with Gasteiger partial charge in [-0.25, -0.2) is 0 Å². The standard InChI is InChI=1S/C15H20ClN3O/c16-14-10-11(17)4-5-13(14)15(20)19-8-6-18(7-9-19)12-2-1-3-12/h4-5,10,12H,1-3,6-9,17H2. The van der Waals surface area contributed by atoms with E-state index in [0.29, 0.717) is 16.3 Å². The zero-order valence-electron chi connectivity index (χ0n) is 11.5. The highest BCUT2D eigenvalue weighted by molar-refractivity contribution is 6.34. The summed E-state index contributed by atoms with van der Waals surface area (Å²) in [4.78, 5) is 16.9. The maximum Gasteiger partial charge on any atom is 0.255 e. The van der Waals surface area contributed by atoms with Gasteiger partial charge in [0.05, 0.1) is 10.6 Å². The molecule has 4 nitrogen and oxygen atoms in total. The van der Waals surface area contributed by atoms with Crippen molar-refractivity contribution in [1.29, 1.82) is 0 Å². The number of nitrogens with two attached hydrogens (primary N) is 1. The van der Waals surface area contributed by atoms with Crippen LogP contribution in [0.1, 0.15) is 29.6 Å². The van der Waals surface area contributed by atoms with Gasteiger partial charge in [0.15, 0.2) is 0 Å². The quantitative estimate of drug-likeness (QED) is 0.851. The Hall–Kier alpha value is -1.26. The first-order valence-corrected chi connectivity index (χ1v) is 7.61. The molecule has 20 heavy (non-hydrogen) atoms. The fraction of sp³-hybridized carbons (Fsp3) is 0.533. The number of nitrogens with zero attached hydrogens (tertiary/aromatic N) is 2. The van der Waals surface area contributed by atoms with Crippen molar-refractivity contribution >= 4 is 23.2 Å². The van der Waals surface area contributed by atoms with Crippen molar-refractivity contribution in [1.82, 2.24) is 9.80 Å². The largest absolute Gasteiger partial charge is 0.399 e. The van der Waals surface area contributed by atoms with E-state index in [1.807, 2.05) is 4.90 Å². The van der Waals surface area contributed by atoms with E-state index in [4.69, 9.17) is 17.3 Å². The monoisotopic (exact) mass is 293 g/mol. The molecule has 0 atom stereocenters. The zero-order valence-corrected chi connectivity index (χ0v) is 12.3. The first kappa shape index (κ1) is 13.7. The lowest BCUT2D eigenvalue weighted by atomic mass is 9.91. The highest BCUT2D eigenvalue weighted by Crippen LogP contribution is 2.26. The molecule has 2 N–H and O–H groups in total. The van der Waals surface area contributed by atoms with Crippen molar-refractivity contribution in [3.8, 4) is 0 Å². The summed E-state index contributed by atoms with van der Waals surface area (Å²) in [5, 5.41) is 0.441. The first-order chi connectivity index (χ1) is 9.65. The van der Waals surface area contributed by atoms with Crippen LogP contribution in [-0.2, 0) is 0 Å². The second-order valence-corrected chi connectivity index (χ2v) is 6.06. The van der Waals surface area contributed by atoms with Crippen molar-refractivity contribution in [2.24, 2.45) is 0 Å². The molecule has 3 rings (SSSR count). The summed E-state index contributed by atoms with van der Waals surface area (Å²) in [5.41, 5.74) is 6.80. The van der Waals surface area contributed by atoms with Crippen molar-refractivity contribution in [3.05, 3.63) is 28.8 Å². The summed E-state index contributed by atoms with van der Waals surface area (Å²) in [6.07, 6.45) is 3.99. The number of hydrogen-bond acceptors (Lipinski definition) is 3. The lowest BCUT2D eigenvalue weighted by molar-refractivity contribution is 0.0455. The van der Waals surface area contributed by atoms with E-state index >= 15 is 0 Å². The first-order valence-electron chi connectivity index (χ1n) is 7.23. The van der Waals surface area contributed by atoms with E-state index in [0.717, 1.165) is 32.2 Å². The second-order valence-electron chi connectivity index (χ2n) is 5.65. The minimum Gasteiger partial charge on any atom is -0.399 e. The van der Waals surface area contributed by atoms with Gasteiger partial charge in [0.2, 0.25) is 0 Å². The number of amides is 1. The molecule has 108 valence electrons. The van der Waals surface area contributed by atoms with Crippen LogP contribution in [0.15, 0.2) is 18.2 Å². The molecular formula is C15H20ClN3O. The molecule has 1 amide bonds. The number of piperazine rings is 1. The third kappa shape index (κ3) is 2.63. The number of carbonyl (C=O) groups excluding carboxylic acids is 1. The summed E-state index contributed by atoms with van der Waals surface area (Å²) in [7, 11) is 0. The van der Waals surface area contributed by atoms with Gasteiger partial charge >= 0.3 is 0 Å². The molecule has 2 aliphatic rings. The Balaban J connectivity index is 1.63. The molecule has 1 aliphatic carbocycles. The van der Waals surface area contributed by atoms with Crippen LogP contribution in [0.3, 0.4) is 0 Å². The molecule has 0 unspecified atom stereocenters. The lowest BCUT2D eigenvalue weighted by Crippen LogP contribution is -2.53. The van der Waals surface area contributed by atoms with Crippen LogP contribution in [-0.4, -0.2) is 47.9 Å². The van der Waals surface area contributed by atoms with Crippen molar-refractivity contribution in [3.63, 3.8) is 0 Å². The van der Waals surface area contributed by atoms with Crippen LogP contribution < -0.4 is 5.73 Å². The molecule has 0 bridgehead atoms. The Morgan fingerprint density at radius 2 is 1.90 bits per heavy atom. The molecule has 1 saturated heterocycles. The number of halogens is 1. The molecule has 0 aromatic heterocycles. The summed E-state index contributed by atoms with van der Waals surface area (Å²) in [6, 6.07) is 5.84. The van der Waals surface area contributed by atoms with E-state index < -0.39 is 0 Å². The van der Waals surface area contributed by atoms with Crippen LogP contribution in [0, 0.1) is 0 Å². The van der Waals surface area contributed by atoms with Crippen LogP contribution in [0.25, 0.3) is 0 Å². The lowest BCUT2D eigenvalue weighted by Gasteiger charge is -2.43. The second kappa shape index (κ2) is 5.62. The minimum absolute atomic E-state index is 0.0169. The normalized spacial score (nSPS) is 20.8. The van der Waals surface area contributed by atoms with Crippen LogP contribution in [0.4, 0.5) is 5.69 Å². The molecular weight excluding hydrogens is 274 g/mol. The number of benzene rings is 1. The summed E-state index contributed by atoms with van der Waals surface area (Å²) < 4.78 is 0. The molecule has 0 radical (unpaired) electrons. The number of nitrogen functional groups attached to an aromatic ring is 1. The summed E-state index contributed by atoms with van der Waals surface area (Å²) in [5.74, 6) is 0.0169. The molecule has 2 fully saturated rings. The molecule has 5 heteroatoms. The molecule has 0 spiro atoms. The van der Waals surface area contributed by atoms with Crippen LogP contribution in [0.5, 0.6) is 0 Å². The third-order valence-corrected chi connectivity index (χ3v) is 4.73. The smallest absolute Gasteiger partial charge is 0.255 e. The molecule has 1 aromatic carbocycles. The molecule has 1 aliphatic heterocycles. The number of rotatable bonds is 2. The maximum absolute atomic E-state index is 12.5. The molecule has 1 saturated carbocycles. The predicted molar refractivity (Wildman–Crippen MR) is 81.0 cm³/mol. The SMILES string of the molecule is Nc1ccc(C(=O)N2CCN(C3CCC3)CC2)c(Cl)c1. The van der Waals surface area contributed by atoms with Crippen LogP contribution in [0.2, 0.25) is 5.02 Å². The maximum atomic E-state index is 12.5. The van der Waals surface area contributed by atoms with E-state index in [1.54, 1.807) is 18.2 Å². The van der Waals surface area contributed by atoms with Gasteiger partial charge in [-0.1, -0.05) is 18.0 Å². The average molecular weight is 294 g/mol. The Morgan fingerprint density at radius 3 is 2.45 bits per heavy atom. The van der Waals surface area contributed by atoms with E-state index in [-0.39, 0.29) is 5.91 Å². The van der Waals surface area contributed by atoms with E-state index in [2.05, 4.69) is 4.90 Å². The third-order valence-electron chi connectivity index (χ3n) is 4.42. The fourth-order valence-corrected chi connectivity index (χ4v) is 3.19. The summed E-state index contributed by atoms with van der Waals surface area (Å²) >= 11 is 6.12. The highest BCUT2D eigenvalue weighted by atomic mass is 35.5. The van der Waals surface area contributed by atoms with Gasteiger partial charge in [-0.3, -0.25) is 9.69 Å². The Labute approximate surface area is 124 Å². The summed E-state index contributed by atoms with van der Waals surface area (Å²) in [6.45, 7) is 3.53. The van der Waals surface area contributed by atoms with Gasteiger partial charge in [-0.15, -0.1) is 0 Å². The highest BCUT2D eigenvalue weighted by Gasteiger charge is 2.30. The van der Waals surface area contributed by atoms with Gasteiger partial charge in [0, 0.05) is 37.9 Å². The van der Waals surface area contributed by atoms with Gasteiger partial charge in [-0.05, 0) is 31.0 Å². The van der Waals surface area contributed by atoms with E-state index in [1.165, 1.54) is 19.3 Å². The minimum atomic E-state index is 0.0169. The van der Waals surface area contributed by atoms with Crippen molar-refractivity contribution in [2.45, 2.75) is 25.3 Å². The van der Waals surface area contributed by atoms with Gasteiger partial charge < -0.3 is 10.6 Å². The predicted octanol–water partition coefficient (Wildman–Crippen LogP) is 2.23. The van der Waals surface area contributed by atoms with Crippen molar-refractivity contribution in [2.75, 3.05) is 31.9 Å². The van der Waals surface area contributed by atoms with Gasteiger partial charge in [0.1, 0.15) is 0 Å². The molecule has 1 aromatic rings. The Bertz CT molecular complexity index is 508. The van der Waals surface area contributed by atoms with Gasteiger partial charge in [0.25, 0.3) is 5.91 Å². The number of anilines is 1. The number of hydrogen-bond donors (Lipinski definition) is 1. The number of carbonyl (C=O) groups is 1. The topological polar surface area (TPSA) is 49.6 Å². The zero-order chi connectivity index (χ0) is 14.1. The Morgan fingerprint density at radius 1 is 1.20 bits per heavy atom. The Kier molecular flexibility index (Phi) is 3.85. The van der Waals surface area contributed by atoms with Crippen molar-refractivity contribution < 1.29 is 4.79 Å². The molecule has 1 heterocycles. The van der Waals surface area contributed by atoms with Crippen LogP contribution >= 0.6 is 11.6 Å². The van der Waals surface area contributed by atoms with E-state index in [9.17, 15) is 4.79 Å². The average Bonchev–Trinajstić information content (AvgIpc) is 2.37.